The number of carbonyl (C=O) groups excluding carboxylic acids is 2. The first-order valence-corrected chi connectivity index (χ1v) is 8.31. The normalized spacial score (nSPS) is 10.1. The standard InChI is InChI=1S/C19H20N2O6/c1-26-17-8-7-15(21(24)25)13-16(17)20-18(22)9-10-19(23)27-12-11-14-5-3-2-4-6-14/h2-8,13H,9-12H2,1H3,(H,20,22). The number of rotatable bonds is 9. The van der Waals surface area contributed by atoms with Crippen LogP contribution in [0.4, 0.5) is 11.4 Å². The third kappa shape index (κ3) is 6.43. The monoisotopic (exact) mass is 372 g/mol. The topological polar surface area (TPSA) is 108 Å². The van der Waals surface area contributed by atoms with Gasteiger partial charge in [0.05, 0.1) is 30.7 Å². The van der Waals surface area contributed by atoms with Crippen LogP contribution in [0.3, 0.4) is 0 Å². The Hall–Kier alpha value is -3.42. The second kappa shape index (κ2) is 9.91. The first-order chi connectivity index (χ1) is 13.0. The summed E-state index contributed by atoms with van der Waals surface area (Å²) in [7, 11) is 1.39. The number of carbonyl (C=O) groups is 2. The molecule has 0 aliphatic rings. The third-order valence-electron chi connectivity index (χ3n) is 3.72. The lowest BCUT2D eigenvalue weighted by molar-refractivity contribution is -0.384. The average molecular weight is 372 g/mol. The molecule has 0 bridgehead atoms. The van der Waals surface area contributed by atoms with E-state index in [-0.39, 0.29) is 30.8 Å². The van der Waals surface area contributed by atoms with Crippen LogP contribution in [0.5, 0.6) is 5.75 Å². The zero-order chi connectivity index (χ0) is 19.6. The van der Waals surface area contributed by atoms with E-state index in [1.165, 1.54) is 25.3 Å². The Morgan fingerprint density at radius 1 is 1.11 bits per heavy atom. The second-order valence-electron chi connectivity index (χ2n) is 5.65. The first kappa shape index (κ1) is 19.9. The number of nitro benzene ring substituents is 1. The minimum Gasteiger partial charge on any atom is -0.495 e. The van der Waals surface area contributed by atoms with Crippen molar-refractivity contribution in [2.75, 3.05) is 19.0 Å². The average Bonchev–Trinajstić information content (AvgIpc) is 2.67. The molecule has 1 amide bonds. The van der Waals surface area contributed by atoms with E-state index >= 15 is 0 Å². The largest absolute Gasteiger partial charge is 0.495 e. The Balaban J connectivity index is 1.79. The van der Waals surface area contributed by atoms with Crippen LogP contribution < -0.4 is 10.1 Å². The molecule has 0 aliphatic heterocycles. The van der Waals surface area contributed by atoms with Crippen LogP contribution in [0.25, 0.3) is 0 Å². The molecule has 0 radical (unpaired) electrons. The van der Waals surface area contributed by atoms with Crippen molar-refractivity contribution in [1.29, 1.82) is 0 Å². The number of hydrogen-bond donors (Lipinski definition) is 1. The number of non-ortho nitro benzene ring substituents is 1. The summed E-state index contributed by atoms with van der Waals surface area (Å²) in [6.07, 6.45) is 0.414. The summed E-state index contributed by atoms with van der Waals surface area (Å²) in [5.74, 6) is -0.653. The number of ether oxygens (including phenoxy) is 2. The highest BCUT2D eigenvalue weighted by Gasteiger charge is 2.15. The van der Waals surface area contributed by atoms with Gasteiger partial charge in [0.15, 0.2) is 0 Å². The Morgan fingerprint density at radius 3 is 2.52 bits per heavy atom. The number of amides is 1. The lowest BCUT2D eigenvalue weighted by Gasteiger charge is -2.10. The van der Waals surface area contributed by atoms with Crippen LogP contribution in [0.1, 0.15) is 18.4 Å². The number of nitrogens with one attached hydrogen (secondary N) is 1. The number of benzene rings is 2. The molecular formula is C19H20N2O6. The summed E-state index contributed by atoms with van der Waals surface area (Å²) in [5, 5.41) is 13.4. The molecule has 0 aromatic heterocycles. The van der Waals surface area contributed by atoms with Crippen LogP contribution in [0.15, 0.2) is 48.5 Å². The van der Waals surface area contributed by atoms with Crippen molar-refractivity contribution in [2.24, 2.45) is 0 Å². The number of hydrogen-bond acceptors (Lipinski definition) is 6. The van der Waals surface area contributed by atoms with E-state index in [0.29, 0.717) is 12.2 Å². The van der Waals surface area contributed by atoms with Crippen LogP contribution in [-0.2, 0) is 20.7 Å². The van der Waals surface area contributed by atoms with E-state index in [2.05, 4.69) is 5.32 Å². The van der Waals surface area contributed by atoms with Crippen LogP contribution in [-0.4, -0.2) is 30.5 Å². The maximum Gasteiger partial charge on any atom is 0.306 e. The highest BCUT2D eigenvalue weighted by molar-refractivity contribution is 5.94. The highest BCUT2D eigenvalue weighted by Crippen LogP contribution is 2.29. The predicted octanol–water partition coefficient (Wildman–Crippen LogP) is 3.11. The van der Waals surface area contributed by atoms with E-state index in [4.69, 9.17) is 9.47 Å². The molecule has 0 saturated heterocycles. The third-order valence-corrected chi connectivity index (χ3v) is 3.72. The quantitative estimate of drug-likeness (QED) is 0.412. The Kier molecular flexibility index (Phi) is 7.30. The van der Waals surface area contributed by atoms with Gasteiger partial charge in [-0.2, -0.15) is 0 Å². The first-order valence-electron chi connectivity index (χ1n) is 8.31. The van der Waals surface area contributed by atoms with Crippen molar-refractivity contribution in [2.45, 2.75) is 19.3 Å². The fraction of sp³-hybridized carbons (Fsp3) is 0.263. The van der Waals surface area contributed by atoms with Crippen LogP contribution in [0.2, 0.25) is 0 Å². The van der Waals surface area contributed by atoms with Gasteiger partial charge < -0.3 is 14.8 Å². The number of esters is 1. The van der Waals surface area contributed by atoms with Gasteiger partial charge >= 0.3 is 5.97 Å². The van der Waals surface area contributed by atoms with Gasteiger partial charge in [0.2, 0.25) is 5.91 Å². The molecule has 0 aliphatic carbocycles. The molecule has 8 heteroatoms. The molecule has 142 valence electrons. The van der Waals surface area contributed by atoms with E-state index in [1.807, 2.05) is 30.3 Å². The van der Waals surface area contributed by atoms with Crippen LogP contribution in [0, 0.1) is 10.1 Å². The molecule has 0 atom stereocenters. The van der Waals surface area contributed by atoms with E-state index in [1.54, 1.807) is 0 Å². The van der Waals surface area contributed by atoms with Crippen molar-refractivity contribution >= 4 is 23.3 Å². The van der Waals surface area contributed by atoms with Crippen LogP contribution >= 0.6 is 0 Å². The molecule has 2 rings (SSSR count). The van der Waals surface area contributed by atoms with Gasteiger partial charge in [0.25, 0.3) is 5.69 Å². The Bertz CT molecular complexity index is 807. The molecule has 0 fully saturated rings. The lowest BCUT2D eigenvalue weighted by atomic mass is 10.2. The maximum atomic E-state index is 12.0. The smallest absolute Gasteiger partial charge is 0.306 e. The van der Waals surface area contributed by atoms with Crippen molar-refractivity contribution in [1.82, 2.24) is 0 Å². The van der Waals surface area contributed by atoms with Gasteiger partial charge in [-0.05, 0) is 11.6 Å². The van der Waals surface area contributed by atoms with Gasteiger partial charge in [-0.1, -0.05) is 30.3 Å². The van der Waals surface area contributed by atoms with Gasteiger partial charge in [-0.3, -0.25) is 19.7 Å². The number of nitro groups is 1. The molecular weight excluding hydrogens is 352 g/mol. The summed E-state index contributed by atoms with van der Waals surface area (Å²) in [5.41, 5.74) is 1.06. The second-order valence-corrected chi connectivity index (χ2v) is 5.65. The molecule has 0 heterocycles. The fourth-order valence-electron chi connectivity index (χ4n) is 2.34. The summed E-state index contributed by atoms with van der Waals surface area (Å²) in [6, 6.07) is 13.5. The van der Waals surface area contributed by atoms with E-state index < -0.39 is 16.8 Å². The van der Waals surface area contributed by atoms with Crippen molar-refractivity contribution in [3.63, 3.8) is 0 Å². The molecule has 1 N–H and O–H groups in total. The SMILES string of the molecule is COc1ccc([N+](=O)[O-])cc1NC(=O)CCC(=O)OCCc1ccccc1. The zero-order valence-corrected chi connectivity index (χ0v) is 14.8. The van der Waals surface area contributed by atoms with Gasteiger partial charge in [-0.15, -0.1) is 0 Å². The minimum absolute atomic E-state index is 0.0855. The van der Waals surface area contributed by atoms with Crippen molar-refractivity contribution in [3.05, 3.63) is 64.2 Å². The molecule has 8 nitrogen and oxygen atoms in total. The van der Waals surface area contributed by atoms with E-state index in [9.17, 15) is 19.7 Å². The summed E-state index contributed by atoms with van der Waals surface area (Å²) in [6.45, 7) is 0.239. The minimum atomic E-state index is -0.570. The summed E-state index contributed by atoms with van der Waals surface area (Å²) < 4.78 is 10.2. The molecule has 27 heavy (non-hydrogen) atoms. The molecule has 0 unspecified atom stereocenters. The van der Waals surface area contributed by atoms with E-state index in [0.717, 1.165) is 5.56 Å². The Morgan fingerprint density at radius 2 is 1.85 bits per heavy atom. The summed E-state index contributed by atoms with van der Waals surface area (Å²) >= 11 is 0. The number of anilines is 1. The number of nitrogens with zero attached hydrogens (tertiary/aromatic N) is 1. The molecule has 2 aromatic rings. The summed E-state index contributed by atoms with van der Waals surface area (Å²) in [4.78, 5) is 34.0. The van der Waals surface area contributed by atoms with Crippen molar-refractivity contribution < 1.29 is 24.0 Å². The molecule has 0 spiro atoms. The lowest BCUT2D eigenvalue weighted by Crippen LogP contribution is -2.16. The molecule has 0 saturated carbocycles. The fourth-order valence-corrected chi connectivity index (χ4v) is 2.34. The van der Waals surface area contributed by atoms with Gasteiger partial charge in [-0.25, -0.2) is 0 Å². The zero-order valence-electron chi connectivity index (χ0n) is 14.8. The van der Waals surface area contributed by atoms with Gasteiger partial charge in [0.1, 0.15) is 5.75 Å². The molecule has 2 aromatic carbocycles. The Labute approximate surface area is 156 Å². The highest BCUT2D eigenvalue weighted by atomic mass is 16.6. The number of methoxy groups -OCH3 is 1. The van der Waals surface area contributed by atoms with Crippen molar-refractivity contribution in [3.8, 4) is 5.75 Å². The van der Waals surface area contributed by atoms with Gasteiger partial charge in [0, 0.05) is 25.0 Å². The maximum absolute atomic E-state index is 12.0. The predicted molar refractivity (Wildman–Crippen MR) is 98.6 cm³/mol.